The van der Waals surface area contributed by atoms with Crippen molar-refractivity contribution in [2.45, 2.75) is 25.3 Å². The molecule has 1 aromatic heterocycles. The number of rotatable bonds is 0. The molecule has 1 aliphatic rings. The molecule has 2 nitrogen and oxygen atoms in total. The SMILES string of the molecule is CC1(C(F)(F)F)OCc2cnc(Cl)cc21. The first kappa shape index (κ1) is 10.7. The van der Waals surface area contributed by atoms with E-state index in [1.165, 1.54) is 12.3 Å². The Labute approximate surface area is 89.0 Å². The first-order chi connectivity index (χ1) is 6.84. The number of fused-ring (bicyclic) bond motifs is 1. The van der Waals surface area contributed by atoms with Gasteiger partial charge < -0.3 is 4.74 Å². The monoisotopic (exact) mass is 237 g/mol. The van der Waals surface area contributed by atoms with Crippen LogP contribution >= 0.6 is 11.6 Å². The zero-order valence-corrected chi connectivity index (χ0v) is 8.49. The lowest BCUT2D eigenvalue weighted by atomic mass is 9.95. The smallest absolute Gasteiger partial charge is 0.356 e. The summed E-state index contributed by atoms with van der Waals surface area (Å²) in [5.41, 5.74) is -1.79. The fourth-order valence-corrected chi connectivity index (χ4v) is 1.71. The van der Waals surface area contributed by atoms with Gasteiger partial charge in [0, 0.05) is 17.3 Å². The summed E-state index contributed by atoms with van der Waals surface area (Å²) < 4.78 is 43.1. The van der Waals surface area contributed by atoms with E-state index in [0.717, 1.165) is 6.92 Å². The van der Waals surface area contributed by atoms with Crippen molar-refractivity contribution in [1.29, 1.82) is 0 Å². The quantitative estimate of drug-likeness (QED) is 0.647. The number of halogens is 4. The third-order valence-electron chi connectivity index (χ3n) is 2.52. The topological polar surface area (TPSA) is 22.1 Å². The van der Waals surface area contributed by atoms with Crippen molar-refractivity contribution in [1.82, 2.24) is 4.98 Å². The van der Waals surface area contributed by atoms with E-state index in [0.29, 0.717) is 5.56 Å². The van der Waals surface area contributed by atoms with Crippen molar-refractivity contribution >= 4 is 11.6 Å². The maximum Gasteiger partial charge on any atom is 0.421 e. The van der Waals surface area contributed by atoms with E-state index in [1.807, 2.05) is 0 Å². The minimum Gasteiger partial charge on any atom is -0.356 e. The molecule has 0 spiro atoms. The normalized spacial score (nSPS) is 25.4. The van der Waals surface area contributed by atoms with Crippen LogP contribution in [-0.4, -0.2) is 11.2 Å². The number of hydrogen-bond acceptors (Lipinski definition) is 2. The van der Waals surface area contributed by atoms with Crippen LogP contribution in [0.2, 0.25) is 5.15 Å². The molecule has 6 heteroatoms. The van der Waals surface area contributed by atoms with Gasteiger partial charge in [-0.2, -0.15) is 13.2 Å². The minimum absolute atomic E-state index is 0.0368. The highest BCUT2D eigenvalue weighted by atomic mass is 35.5. The standard InChI is InChI=1S/C9H7ClF3NO/c1-8(9(11,12)13)6-2-7(10)14-3-5(6)4-15-8/h2-3H,4H2,1H3. The molecule has 2 rings (SSSR count). The summed E-state index contributed by atoms with van der Waals surface area (Å²) in [5.74, 6) is 0. The minimum atomic E-state index is -4.46. The number of hydrogen-bond donors (Lipinski definition) is 0. The van der Waals surface area contributed by atoms with E-state index >= 15 is 0 Å². The van der Waals surface area contributed by atoms with Crippen molar-refractivity contribution in [3.63, 3.8) is 0 Å². The van der Waals surface area contributed by atoms with Gasteiger partial charge in [-0.1, -0.05) is 11.6 Å². The maximum atomic E-state index is 12.8. The van der Waals surface area contributed by atoms with Gasteiger partial charge >= 0.3 is 6.18 Å². The lowest BCUT2D eigenvalue weighted by molar-refractivity contribution is -0.272. The number of aromatic nitrogens is 1. The molecule has 0 aliphatic carbocycles. The predicted octanol–water partition coefficient (Wildman–Crippen LogP) is 3.04. The molecule has 0 saturated carbocycles. The van der Waals surface area contributed by atoms with Crippen molar-refractivity contribution in [3.8, 4) is 0 Å². The fraction of sp³-hybridized carbons (Fsp3) is 0.444. The Bertz CT molecular complexity index is 407. The molecule has 1 unspecified atom stereocenters. The molecular weight excluding hydrogens is 231 g/mol. The Morgan fingerprint density at radius 3 is 2.80 bits per heavy atom. The molecule has 0 bridgehead atoms. The summed E-state index contributed by atoms with van der Waals surface area (Å²) in [6.45, 7) is 0.907. The van der Waals surface area contributed by atoms with Gasteiger partial charge in [-0.05, 0) is 13.0 Å². The van der Waals surface area contributed by atoms with Crippen molar-refractivity contribution in [3.05, 3.63) is 28.5 Å². The van der Waals surface area contributed by atoms with E-state index in [1.54, 1.807) is 0 Å². The molecule has 1 aliphatic heterocycles. The third-order valence-corrected chi connectivity index (χ3v) is 2.73. The maximum absolute atomic E-state index is 12.8. The number of alkyl halides is 3. The molecule has 1 atom stereocenters. The second-order valence-electron chi connectivity index (χ2n) is 3.48. The Balaban J connectivity index is 2.56. The van der Waals surface area contributed by atoms with Crippen LogP contribution in [0.1, 0.15) is 18.1 Å². The predicted molar refractivity (Wildman–Crippen MR) is 47.4 cm³/mol. The van der Waals surface area contributed by atoms with E-state index < -0.39 is 11.8 Å². The van der Waals surface area contributed by atoms with Crippen LogP contribution in [0.15, 0.2) is 12.3 Å². The average molecular weight is 238 g/mol. The van der Waals surface area contributed by atoms with Crippen LogP contribution in [-0.2, 0) is 16.9 Å². The summed E-state index contributed by atoms with van der Waals surface area (Å²) >= 11 is 5.57. The van der Waals surface area contributed by atoms with Crippen LogP contribution in [0, 0.1) is 0 Å². The van der Waals surface area contributed by atoms with Crippen molar-refractivity contribution < 1.29 is 17.9 Å². The summed E-state index contributed by atoms with van der Waals surface area (Å²) in [6.07, 6.45) is -3.14. The molecule has 0 fully saturated rings. The molecule has 2 heterocycles. The Morgan fingerprint density at radius 1 is 1.53 bits per heavy atom. The van der Waals surface area contributed by atoms with Crippen LogP contribution in [0.5, 0.6) is 0 Å². The largest absolute Gasteiger partial charge is 0.421 e. The van der Waals surface area contributed by atoms with Crippen LogP contribution < -0.4 is 0 Å². The number of ether oxygens (including phenoxy) is 1. The molecule has 0 saturated heterocycles. The van der Waals surface area contributed by atoms with E-state index in [9.17, 15) is 13.2 Å². The molecule has 0 radical (unpaired) electrons. The van der Waals surface area contributed by atoms with E-state index in [2.05, 4.69) is 4.98 Å². The van der Waals surface area contributed by atoms with Crippen LogP contribution in [0.4, 0.5) is 13.2 Å². The van der Waals surface area contributed by atoms with E-state index in [-0.39, 0.29) is 17.3 Å². The van der Waals surface area contributed by atoms with E-state index in [4.69, 9.17) is 16.3 Å². The lowest BCUT2D eigenvalue weighted by Crippen LogP contribution is -2.39. The van der Waals surface area contributed by atoms with Gasteiger partial charge in [-0.15, -0.1) is 0 Å². The highest BCUT2D eigenvalue weighted by Gasteiger charge is 2.57. The highest BCUT2D eigenvalue weighted by molar-refractivity contribution is 6.29. The third kappa shape index (κ3) is 1.50. The molecule has 82 valence electrons. The van der Waals surface area contributed by atoms with Gasteiger partial charge in [0.15, 0.2) is 5.60 Å². The fourth-order valence-electron chi connectivity index (χ4n) is 1.55. The second kappa shape index (κ2) is 3.09. The summed E-state index contributed by atoms with van der Waals surface area (Å²) in [4.78, 5) is 3.72. The average Bonchev–Trinajstić information content (AvgIpc) is 2.44. The molecule has 0 N–H and O–H groups in total. The first-order valence-electron chi connectivity index (χ1n) is 4.20. The number of nitrogens with zero attached hydrogens (tertiary/aromatic N) is 1. The Hall–Kier alpha value is -0.810. The first-order valence-corrected chi connectivity index (χ1v) is 4.58. The van der Waals surface area contributed by atoms with Gasteiger partial charge in [0.05, 0.1) is 6.61 Å². The molecule has 15 heavy (non-hydrogen) atoms. The van der Waals surface area contributed by atoms with Gasteiger partial charge in [-0.25, -0.2) is 4.98 Å². The zero-order chi connectivity index (χ0) is 11.3. The molecule has 1 aromatic rings. The Morgan fingerprint density at radius 2 is 2.20 bits per heavy atom. The van der Waals surface area contributed by atoms with Gasteiger partial charge in [0.25, 0.3) is 0 Å². The van der Waals surface area contributed by atoms with Gasteiger partial charge in [0.2, 0.25) is 0 Å². The van der Waals surface area contributed by atoms with Crippen LogP contribution in [0.3, 0.4) is 0 Å². The molecule has 0 amide bonds. The summed E-state index contributed by atoms with van der Waals surface area (Å²) in [5, 5.41) is 0.0368. The molecule has 0 aromatic carbocycles. The van der Waals surface area contributed by atoms with Crippen LogP contribution in [0.25, 0.3) is 0 Å². The lowest BCUT2D eigenvalue weighted by Gasteiger charge is -2.27. The highest BCUT2D eigenvalue weighted by Crippen LogP contribution is 2.47. The van der Waals surface area contributed by atoms with Crippen molar-refractivity contribution in [2.24, 2.45) is 0 Å². The number of pyridine rings is 1. The summed E-state index contributed by atoms with van der Waals surface area (Å²) in [6, 6.07) is 1.21. The van der Waals surface area contributed by atoms with Crippen molar-refractivity contribution in [2.75, 3.05) is 0 Å². The second-order valence-corrected chi connectivity index (χ2v) is 3.87. The zero-order valence-electron chi connectivity index (χ0n) is 7.73. The van der Waals surface area contributed by atoms with Gasteiger partial charge in [-0.3, -0.25) is 0 Å². The van der Waals surface area contributed by atoms with Gasteiger partial charge in [0.1, 0.15) is 5.15 Å². The Kier molecular flexibility index (Phi) is 2.20. The summed E-state index contributed by atoms with van der Waals surface area (Å²) in [7, 11) is 0. The molecular formula is C9H7ClF3NO.